The smallest absolute Gasteiger partial charge is 0.182 e. The number of rotatable bonds is 2. The first-order chi connectivity index (χ1) is 7.43. The first kappa shape index (κ1) is 14.4. The molecule has 0 amide bonds. The minimum absolute atomic E-state index is 0. The molecule has 17 heavy (non-hydrogen) atoms. The van der Waals surface area contributed by atoms with Crippen LogP contribution >= 0.6 is 36.2 Å². The molecular weight excluding hydrogens is 279 g/mol. The predicted molar refractivity (Wildman–Crippen MR) is 74.2 cm³/mol. The summed E-state index contributed by atoms with van der Waals surface area (Å²) in [5.74, 6) is 1.77. The number of halogens is 2. The molecule has 7 heteroatoms. The molecule has 1 aliphatic rings. The number of thiophene rings is 1. The van der Waals surface area contributed by atoms with Gasteiger partial charge in [-0.2, -0.15) is 16.4 Å². The number of nitrogens with zero attached hydrogens (tertiary/aromatic N) is 2. The van der Waals surface area contributed by atoms with Crippen LogP contribution in [0, 0.1) is 0 Å². The molecule has 94 valence electrons. The number of hydrogen-bond donors (Lipinski definition) is 2. The summed E-state index contributed by atoms with van der Waals surface area (Å²) in [5, 5.41) is 14.8. The van der Waals surface area contributed by atoms with Crippen molar-refractivity contribution in [3.05, 3.63) is 22.7 Å². The van der Waals surface area contributed by atoms with Gasteiger partial charge in [-0.15, -0.1) is 24.8 Å². The van der Waals surface area contributed by atoms with Gasteiger partial charge in [0.05, 0.1) is 6.04 Å². The van der Waals surface area contributed by atoms with Crippen molar-refractivity contribution in [2.45, 2.75) is 18.9 Å². The Morgan fingerprint density at radius 3 is 2.88 bits per heavy atom. The standard InChI is InChI=1S/C10H12N4S.2ClH/c1-2-8(11-4-1)10-12-9(13-14-10)7-3-5-15-6-7;;/h3,5-6,8,11H,1-2,4H2,(H,12,13,14);2*1H/t8-;;/m0../s1. The molecule has 0 spiro atoms. The fourth-order valence-electron chi connectivity index (χ4n) is 1.87. The largest absolute Gasteiger partial charge is 0.307 e. The third-order valence-electron chi connectivity index (χ3n) is 2.67. The van der Waals surface area contributed by atoms with Crippen LogP contribution < -0.4 is 5.32 Å². The number of nitrogens with one attached hydrogen (secondary N) is 2. The molecule has 2 aromatic heterocycles. The van der Waals surface area contributed by atoms with Crippen LogP contribution in [0.3, 0.4) is 0 Å². The van der Waals surface area contributed by atoms with Gasteiger partial charge in [0.2, 0.25) is 0 Å². The summed E-state index contributed by atoms with van der Waals surface area (Å²) >= 11 is 1.67. The Labute approximate surface area is 116 Å². The van der Waals surface area contributed by atoms with Crippen molar-refractivity contribution >= 4 is 36.2 Å². The molecule has 4 nitrogen and oxygen atoms in total. The van der Waals surface area contributed by atoms with Gasteiger partial charge in [-0.3, -0.25) is 5.10 Å². The number of H-pyrrole nitrogens is 1. The maximum atomic E-state index is 4.51. The summed E-state index contributed by atoms with van der Waals surface area (Å²) in [4.78, 5) is 4.51. The Morgan fingerprint density at radius 1 is 1.35 bits per heavy atom. The molecule has 0 radical (unpaired) electrons. The zero-order valence-electron chi connectivity index (χ0n) is 9.05. The van der Waals surface area contributed by atoms with E-state index in [1.165, 1.54) is 6.42 Å². The molecular formula is C10H14Cl2N4S. The molecule has 3 rings (SSSR count). The van der Waals surface area contributed by atoms with E-state index in [1.807, 2.05) is 11.4 Å². The zero-order chi connectivity index (χ0) is 10.1. The molecule has 0 aliphatic carbocycles. The molecule has 2 aromatic rings. The minimum Gasteiger partial charge on any atom is -0.307 e. The number of aromatic amines is 1. The van der Waals surface area contributed by atoms with Gasteiger partial charge in [0, 0.05) is 10.9 Å². The molecule has 0 unspecified atom stereocenters. The molecule has 2 N–H and O–H groups in total. The number of hydrogen-bond acceptors (Lipinski definition) is 4. The fourth-order valence-corrected chi connectivity index (χ4v) is 2.50. The maximum absolute atomic E-state index is 4.51. The van der Waals surface area contributed by atoms with Crippen molar-refractivity contribution in [1.29, 1.82) is 0 Å². The second-order valence-electron chi connectivity index (χ2n) is 3.71. The minimum atomic E-state index is 0. The van der Waals surface area contributed by atoms with E-state index < -0.39 is 0 Å². The quantitative estimate of drug-likeness (QED) is 0.895. The van der Waals surface area contributed by atoms with E-state index in [0.29, 0.717) is 6.04 Å². The fraction of sp³-hybridized carbons (Fsp3) is 0.400. The van der Waals surface area contributed by atoms with Crippen molar-refractivity contribution in [2.24, 2.45) is 0 Å². The first-order valence-corrected chi connectivity index (χ1v) is 6.06. The van der Waals surface area contributed by atoms with Crippen molar-refractivity contribution < 1.29 is 0 Å². The van der Waals surface area contributed by atoms with E-state index in [9.17, 15) is 0 Å². The highest BCUT2D eigenvalue weighted by molar-refractivity contribution is 7.08. The highest BCUT2D eigenvalue weighted by atomic mass is 35.5. The summed E-state index contributed by atoms with van der Waals surface area (Å²) < 4.78 is 0. The Kier molecular flexibility index (Phi) is 5.39. The van der Waals surface area contributed by atoms with E-state index in [0.717, 1.165) is 30.2 Å². The maximum Gasteiger partial charge on any atom is 0.182 e. The van der Waals surface area contributed by atoms with Crippen molar-refractivity contribution in [3.8, 4) is 11.4 Å². The average molecular weight is 293 g/mol. The Morgan fingerprint density at radius 2 is 2.24 bits per heavy atom. The SMILES string of the molecule is Cl.Cl.c1cc(-c2n[nH]c([C@@H]3CCCN3)n2)cs1. The van der Waals surface area contributed by atoms with Crippen LogP contribution in [0.15, 0.2) is 16.8 Å². The van der Waals surface area contributed by atoms with E-state index in [2.05, 4.69) is 25.9 Å². The molecule has 1 atom stereocenters. The van der Waals surface area contributed by atoms with Gasteiger partial charge in [-0.05, 0) is 30.8 Å². The third-order valence-corrected chi connectivity index (χ3v) is 3.36. The predicted octanol–water partition coefficient (Wildman–Crippen LogP) is 2.80. The lowest BCUT2D eigenvalue weighted by molar-refractivity contribution is 0.608. The highest BCUT2D eigenvalue weighted by Crippen LogP contribution is 2.23. The first-order valence-electron chi connectivity index (χ1n) is 5.12. The Balaban J connectivity index is 0.000000722. The van der Waals surface area contributed by atoms with Gasteiger partial charge in [0.1, 0.15) is 5.82 Å². The monoisotopic (exact) mass is 292 g/mol. The highest BCUT2D eigenvalue weighted by Gasteiger charge is 2.20. The van der Waals surface area contributed by atoms with Crippen molar-refractivity contribution in [3.63, 3.8) is 0 Å². The number of aromatic nitrogens is 3. The molecule has 1 fully saturated rings. The summed E-state index contributed by atoms with van der Waals surface area (Å²) in [6, 6.07) is 2.41. The zero-order valence-corrected chi connectivity index (χ0v) is 11.5. The summed E-state index contributed by atoms with van der Waals surface area (Å²) in [6.07, 6.45) is 2.37. The Hall–Kier alpha value is -0.620. The summed E-state index contributed by atoms with van der Waals surface area (Å²) in [7, 11) is 0. The van der Waals surface area contributed by atoms with Gasteiger partial charge >= 0.3 is 0 Å². The average Bonchev–Trinajstić information content (AvgIpc) is 3.02. The van der Waals surface area contributed by atoms with Crippen LogP contribution in [-0.4, -0.2) is 21.7 Å². The van der Waals surface area contributed by atoms with Crippen LogP contribution in [-0.2, 0) is 0 Å². The Bertz CT molecular complexity index is 437. The molecule has 1 aliphatic heterocycles. The second-order valence-corrected chi connectivity index (χ2v) is 4.49. The molecule has 1 saturated heterocycles. The lowest BCUT2D eigenvalue weighted by atomic mass is 10.2. The van der Waals surface area contributed by atoms with Gasteiger partial charge in [0.25, 0.3) is 0 Å². The van der Waals surface area contributed by atoms with Crippen LogP contribution in [0.1, 0.15) is 24.7 Å². The summed E-state index contributed by atoms with van der Waals surface area (Å²) in [6.45, 7) is 1.08. The molecule has 0 aromatic carbocycles. The van der Waals surface area contributed by atoms with E-state index in [-0.39, 0.29) is 24.8 Å². The molecule has 3 heterocycles. The lowest BCUT2D eigenvalue weighted by Gasteiger charge is -2.03. The van der Waals surface area contributed by atoms with E-state index in [1.54, 1.807) is 11.3 Å². The molecule has 0 saturated carbocycles. The second kappa shape index (κ2) is 6.35. The van der Waals surface area contributed by atoms with Gasteiger partial charge in [-0.1, -0.05) is 0 Å². The van der Waals surface area contributed by atoms with E-state index in [4.69, 9.17) is 0 Å². The summed E-state index contributed by atoms with van der Waals surface area (Å²) in [5.41, 5.74) is 1.10. The van der Waals surface area contributed by atoms with Gasteiger partial charge in [0.15, 0.2) is 5.82 Å². The molecule has 0 bridgehead atoms. The van der Waals surface area contributed by atoms with E-state index >= 15 is 0 Å². The van der Waals surface area contributed by atoms with Crippen LogP contribution in [0.2, 0.25) is 0 Å². The van der Waals surface area contributed by atoms with Crippen LogP contribution in [0.25, 0.3) is 11.4 Å². The lowest BCUT2D eigenvalue weighted by Crippen LogP contribution is -2.14. The normalized spacial score (nSPS) is 18.5. The van der Waals surface area contributed by atoms with Crippen molar-refractivity contribution in [1.82, 2.24) is 20.5 Å². The van der Waals surface area contributed by atoms with Crippen molar-refractivity contribution in [2.75, 3.05) is 6.54 Å². The van der Waals surface area contributed by atoms with Gasteiger partial charge < -0.3 is 5.32 Å². The van der Waals surface area contributed by atoms with Crippen LogP contribution in [0.5, 0.6) is 0 Å². The topological polar surface area (TPSA) is 53.6 Å². The van der Waals surface area contributed by atoms with Crippen LogP contribution in [0.4, 0.5) is 0 Å². The third kappa shape index (κ3) is 2.98. The van der Waals surface area contributed by atoms with Gasteiger partial charge in [-0.25, -0.2) is 4.98 Å².